The average Bonchev–Trinajstić information content (AvgIpc) is 3.61. The highest BCUT2D eigenvalue weighted by molar-refractivity contribution is 14.1. The first-order valence-corrected chi connectivity index (χ1v) is 18.8. The number of tetrazole rings is 1. The zero-order chi connectivity index (χ0) is 35.1. The van der Waals surface area contributed by atoms with Crippen LogP contribution in [0.5, 0.6) is 17.2 Å². The molecular formula is C37H34IN5O5S2. The maximum absolute atomic E-state index is 15.3. The third-order valence-corrected chi connectivity index (χ3v) is 11.8. The van der Waals surface area contributed by atoms with E-state index in [1.807, 2.05) is 115 Å². The Morgan fingerprint density at radius 1 is 0.700 bits per heavy atom. The van der Waals surface area contributed by atoms with Crippen LogP contribution in [0.4, 0.5) is 0 Å². The number of nitrogens with zero attached hydrogens (tertiary/aromatic N) is 5. The third-order valence-electron chi connectivity index (χ3n) is 7.84. The first-order valence-electron chi connectivity index (χ1n) is 15.5. The number of sulfonamides is 1. The van der Waals surface area contributed by atoms with Gasteiger partial charge in [-0.2, -0.15) is 9.10 Å². The lowest BCUT2D eigenvalue weighted by atomic mass is 10.2. The third kappa shape index (κ3) is 8.29. The molecule has 0 spiro atoms. The maximum atomic E-state index is 15.3. The van der Waals surface area contributed by atoms with Crippen molar-refractivity contribution in [3.05, 3.63) is 136 Å². The van der Waals surface area contributed by atoms with Crippen LogP contribution in [0.3, 0.4) is 0 Å². The minimum atomic E-state index is -4.22. The van der Waals surface area contributed by atoms with Gasteiger partial charge in [0.25, 0.3) is 0 Å². The van der Waals surface area contributed by atoms with E-state index in [4.69, 9.17) is 19.3 Å². The highest BCUT2D eigenvalue weighted by atomic mass is 127. The first kappa shape index (κ1) is 35.4. The second-order valence-electron chi connectivity index (χ2n) is 11.1. The molecule has 1 heterocycles. The Labute approximate surface area is 309 Å². The lowest BCUT2D eigenvalue weighted by molar-refractivity contribution is 0.397. The fraction of sp³-hybridized carbons (Fsp3) is 0.162. The maximum Gasteiger partial charge on any atom is 0.245 e. The number of methoxy groups -OCH3 is 3. The quantitative estimate of drug-likeness (QED) is 0.103. The van der Waals surface area contributed by atoms with E-state index in [9.17, 15) is 0 Å². The van der Waals surface area contributed by atoms with Gasteiger partial charge >= 0.3 is 0 Å². The summed E-state index contributed by atoms with van der Waals surface area (Å²) in [5.74, 6) is 2.32. The molecule has 0 saturated heterocycles. The van der Waals surface area contributed by atoms with Crippen molar-refractivity contribution in [2.45, 2.75) is 34.3 Å². The zero-order valence-electron chi connectivity index (χ0n) is 27.6. The van der Waals surface area contributed by atoms with Crippen molar-refractivity contribution in [2.75, 3.05) is 21.3 Å². The number of rotatable bonds is 14. The van der Waals surface area contributed by atoms with Crippen molar-refractivity contribution in [2.24, 2.45) is 0 Å². The standard InChI is InChI=1S/C37H34IN5O5S2/c1-46-29-15-9-26(10-16-29)23-42(24-27-11-17-30(47-2)18-12-27)50(44,45)36-34(49-32-7-5-4-6-8-32)22-21-33(38)35(36)37-39-41-43(40-37)25-28-13-19-31(48-3)20-14-28/h4-22H,23-25H2,1-3H3. The van der Waals surface area contributed by atoms with Crippen molar-refractivity contribution in [3.8, 4) is 28.6 Å². The summed E-state index contributed by atoms with van der Waals surface area (Å²) in [4.78, 5) is 3.02. The predicted molar refractivity (Wildman–Crippen MR) is 201 cm³/mol. The lowest BCUT2D eigenvalue weighted by Gasteiger charge is -2.25. The molecule has 0 fully saturated rings. The molecule has 0 amide bonds. The fourth-order valence-corrected chi connectivity index (χ4v) is 9.10. The number of halogens is 1. The van der Waals surface area contributed by atoms with Crippen LogP contribution in [-0.2, 0) is 29.7 Å². The van der Waals surface area contributed by atoms with Crippen LogP contribution < -0.4 is 14.2 Å². The molecule has 10 nitrogen and oxygen atoms in total. The van der Waals surface area contributed by atoms with E-state index in [2.05, 4.69) is 32.9 Å². The van der Waals surface area contributed by atoms with Gasteiger partial charge in [-0.25, -0.2) is 8.42 Å². The molecule has 6 aromatic rings. The van der Waals surface area contributed by atoms with Crippen LogP contribution in [0, 0.1) is 3.57 Å². The van der Waals surface area contributed by atoms with Crippen LogP contribution in [0.1, 0.15) is 16.7 Å². The average molecular weight is 820 g/mol. The molecule has 1 aromatic heterocycles. The second kappa shape index (κ2) is 16.1. The van der Waals surface area contributed by atoms with E-state index in [0.717, 1.165) is 27.3 Å². The van der Waals surface area contributed by atoms with Crippen molar-refractivity contribution in [1.29, 1.82) is 0 Å². The van der Waals surface area contributed by atoms with Gasteiger partial charge in [0, 0.05) is 26.5 Å². The minimum Gasteiger partial charge on any atom is -0.497 e. The van der Waals surface area contributed by atoms with Gasteiger partial charge in [0.05, 0.1) is 33.4 Å². The molecule has 0 aliphatic rings. The summed E-state index contributed by atoms with van der Waals surface area (Å²) in [6.45, 7) is 0.557. The molecule has 0 saturated carbocycles. The monoisotopic (exact) mass is 819 g/mol. The molecule has 13 heteroatoms. The SMILES string of the molecule is COc1ccc(CN(Cc2ccc(OC)cc2)S(=O)(=O)c2c(Sc3ccccc3)ccc(I)c2-c2nnn(Cc3ccc(OC)cc3)n2)cc1. The van der Waals surface area contributed by atoms with E-state index in [-0.39, 0.29) is 23.8 Å². The molecule has 0 unspecified atom stereocenters. The van der Waals surface area contributed by atoms with E-state index >= 15 is 8.42 Å². The normalized spacial score (nSPS) is 11.5. The van der Waals surface area contributed by atoms with Crippen LogP contribution in [0.25, 0.3) is 11.4 Å². The van der Waals surface area contributed by atoms with Gasteiger partial charge in [-0.05, 0) is 105 Å². The minimum absolute atomic E-state index is 0.107. The molecule has 0 aliphatic carbocycles. The summed E-state index contributed by atoms with van der Waals surface area (Å²) in [5, 5.41) is 13.4. The molecule has 0 N–H and O–H groups in total. The number of hydrogen-bond acceptors (Lipinski definition) is 9. The Morgan fingerprint density at radius 2 is 1.22 bits per heavy atom. The van der Waals surface area contributed by atoms with Gasteiger partial charge in [-0.15, -0.1) is 10.2 Å². The van der Waals surface area contributed by atoms with E-state index in [1.165, 1.54) is 20.9 Å². The van der Waals surface area contributed by atoms with Crippen molar-refractivity contribution in [1.82, 2.24) is 24.5 Å². The highest BCUT2D eigenvalue weighted by Gasteiger charge is 2.34. The number of hydrogen-bond donors (Lipinski definition) is 0. The molecule has 0 aliphatic heterocycles. The topological polar surface area (TPSA) is 109 Å². The Balaban J connectivity index is 1.47. The van der Waals surface area contributed by atoms with Crippen LogP contribution in [0.2, 0.25) is 0 Å². The molecule has 256 valence electrons. The van der Waals surface area contributed by atoms with E-state index < -0.39 is 10.0 Å². The van der Waals surface area contributed by atoms with Gasteiger partial charge < -0.3 is 14.2 Å². The zero-order valence-corrected chi connectivity index (χ0v) is 31.4. The fourth-order valence-electron chi connectivity index (χ4n) is 5.23. The predicted octanol–water partition coefficient (Wildman–Crippen LogP) is 7.56. The van der Waals surface area contributed by atoms with Crippen molar-refractivity contribution < 1.29 is 22.6 Å². The molecule has 0 atom stereocenters. The van der Waals surface area contributed by atoms with Crippen molar-refractivity contribution >= 4 is 44.4 Å². The van der Waals surface area contributed by atoms with E-state index in [1.54, 1.807) is 21.3 Å². The van der Waals surface area contributed by atoms with E-state index in [0.29, 0.717) is 32.1 Å². The van der Waals surface area contributed by atoms with Crippen LogP contribution in [-0.4, -0.2) is 54.3 Å². The van der Waals surface area contributed by atoms with Gasteiger partial charge in [0.1, 0.15) is 22.1 Å². The summed E-state index contributed by atoms with van der Waals surface area (Å²) < 4.78 is 48.7. The molecule has 0 radical (unpaired) electrons. The van der Waals surface area contributed by atoms with Gasteiger partial charge in [-0.3, -0.25) is 0 Å². The lowest BCUT2D eigenvalue weighted by Crippen LogP contribution is -2.31. The molecule has 0 bridgehead atoms. The Morgan fingerprint density at radius 3 is 1.74 bits per heavy atom. The summed E-state index contributed by atoms with van der Waals surface area (Å²) in [6, 6.07) is 35.8. The number of benzene rings is 5. The van der Waals surface area contributed by atoms with Gasteiger partial charge in [0.2, 0.25) is 15.8 Å². The summed E-state index contributed by atoms with van der Waals surface area (Å²) in [5.41, 5.74) is 2.93. The summed E-state index contributed by atoms with van der Waals surface area (Å²) >= 11 is 3.53. The number of ether oxygens (including phenoxy) is 3. The smallest absolute Gasteiger partial charge is 0.245 e. The molecule has 50 heavy (non-hydrogen) atoms. The van der Waals surface area contributed by atoms with Crippen molar-refractivity contribution in [3.63, 3.8) is 0 Å². The van der Waals surface area contributed by atoms with Gasteiger partial charge in [0.15, 0.2) is 0 Å². The second-order valence-corrected chi connectivity index (χ2v) is 15.3. The summed E-state index contributed by atoms with van der Waals surface area (Å²) in [6.07, 6.45) is 0. The van der Waals surface area contributed by atoms with Gasteiger partial charge in [-0.1, -0.05) is 66.4 Å². The molecule has 5 aromatic carbocycles. The molecular weight excluding hydrogens is 785 g/mol. The molecule has 6 rings (SSSR count). The largest absolute Gasteiger partial charge is 0.497 e. The highest BCUT2D eigenvalue weighted by Crippen LogP contribution is 2.42. The Kier molecular flexibility index (Phi) is 11.4. The first-order chi connectivity index (χ1) is 24.3. The Bertz CT molecular complexity index is 2100. The summed E-state index contributed by atoms with van der Waals surface area (Å²) in [7, 11) is 0.591. The Hall–Kier alpha value is -4.44. The van der Waals surface area contributed by atoms with Crippen LogP contribution in [0.15, 0.2) is 130 Å². The van der Waals surface area contributed by atoms with Crippen LogP contribution >= 0.6 is 34.4 Å². The number of aromatic nitrogens is 4.